The van der Waals surface area contributed by atoms with Crippen molar-refractivity contribution in [1.29, 1.82) is 0 Å². The number of fused-ring (bicyclic) bond motifs is 1. The topological polar surface area (TPSA) is 72.9 Å². The molecule has 0 bridgehead atoms. The van der Waals surface area contributed by atoms with Gasteiger partial charge in [-0.05, 0) is 37.3 Å². The lowest BCUT2D eigenvalue weighted by molar-refractivity contribution is -0.144. The van der Waals surface area contributed by atoms with Crippen molar-refractivity contribution in [3.8, 4) is 5.75 Å². The number of esters is 1. The smallest absolute Gasteiger partial charge is 0.387 e. The van der Waals surface area contributed by atoms with Crippen molar-refractivity contribution < 1.29 is 31.5 Å². The summed E-state index contributed by atoms with van der Waals surface area (Å²) >= 11 is 0. The van der Waals surface area contributed by atoms with Crippen molar-refractivity contribution in [3.63, 3.8) is 0 Å². The van der Waals surface area contributed by atoms with Crippen molar-refractivity contribution in [2.75, 3.05) is 7.11 Å². The quantitative estimate of drug-likeness (QED) is 0.724. The van der Waals surface area contributed by atoms with E-state index in [0.717, 1.165) is 23.6 Å². The van der Waals surface area contributed by atoms with Crippen LogP contribution in [0.15, 0.2) is 29.2 Å². The van der Waals surface area contributed by atoms with E-state index in [9.17, 15) is 22.0 Å². The molecule has 2 fully saturated rings. The highest BCUT2D eigenvalue weighted by atomic mass is 32.2. The van der Waals surface area contributed by atoms with E-state index in [1.54, 1.807) is 0 Å². The maximum Gasteiger partial charge on any atom is 0.387 e. The molecule has 0 radical (unpaired) electrons. The molecular formula is C17H21F2NO5S. The molecule has 3 rings (SSSR count). The van der Waals surface area contributed by atoms with E-state index < -0.39 is 34.4 Å². The molecular weight excluding hydrogens is 368 g/mol. The maximum atomic E-state index is 13.3. The Morgan fingerprint density at radius 3 is 2.62 bits per heavy atom. The lowest BCUT2D eigenvalue weighted by Crippen LogP contribution is -2.46. The number of hydrogen-bond donors (Lipinski definition) is 0. The second-order valence-corrected chi connectivity index (χ2v) is 8.36. The minimum absolute atomic E-state index is 0.0609. The van der Waals surface area contributed by atoms with Crippen LogP contribution in [-0.4, -0.2) is 44.5 Å². The number of para-hydroxylation sites is 1. The van der Waals surface area contributed by atoms with Gasteiger partial charge in [0.15, 0.2) is 0 Å². The Bertz CT molecular complexity index is 770. The summed E-state index contributed by atoms with van der Waals surface area (Å²) in [5.41, 5.74) is 0. The molecule has 1 aromatic carbocycles. The van der Waals surface area contributed by atoms with Gasteiger partial charge in [0, 0.05) is 6.04 Å². The van der Waals surface area contributed by atoms with Crippen LogP contribution in [0.5, 0.6) is 5.75 Å². The zero-order chi connectivity index (χ0) is 18.9. The first-order valence-corrected chi connectivity index (χ1v) is 9.95. The van der Waals surface area contributed by atoms with Crippen LogP contribution in [0.3, 0.4) is 0 Å². The summed E-state index contributed by atoms with van der Waals surface area (Å²) in [6, 6.07) is 3.97. The fourth-order valence-corrected chi connectivity index (χ4v) is 6.06. The van der Waals surface area contributed by atoms with Crippen LogP contribution in [0, 0.1) is 5.92 Å². The zero-order valence-electron chi connectivity index (χ0n) is 14.3. The summed E-state index contributed by atoms with van der Waals surface area (Å²) in [5.74, 6) is -0.994. The Kier molecular flexibility index (Phi) is 5.47. The van der Waals surface area contributed by atoms with Gasteiger partial charge in [-0.1, -0.05) is 25.0 Å². The fraction of sp³-hybridized carbons (Fsp3) is 0.588. The third-order valence-electron chi connectivity index (χ3n) is 5.12. The standard InChI is InChI=1S/C17H21F2NO5S/c1-24-16(21)13-10-11-6-2-3-7-12(11)20(13)26(22,23)15-9-5-4-8-14(15)25-17(18)19/h4-5,8-9,11-13,17H,2-3,6-7,10H2,1H3. The summed E-state index contributed by atoms with van der Waals surface area (Å²) in [5, 5.41) is 0. The third-order valence-corrected chi connectivity index (χ3v) is 7.10. The van der Waals surface area contributed by atoms with E-state index in [2.05, 4.69) is 4.74 Å². The summed E-state index contributed by atoms with van der Waals surface area (Å²) in [7, 11) is -3.00. The molecule has 1 saturated heterocycles. The van der Waals surface area contributed by atoms with E-state index in [1.165, 1.54) is 31.4 Å². The fourth-order valence-electron chi connectivity index (χ4n) is 4.07. The van der Waals surface area contributed by atoms with Gasteiger partial charge in [0.25, 0.3) is 0 Å². The number of methoxy groups -OCH3 is 1. The summed E-state index contributed by atoms with van der Waals surface area (Å²) in [6.07, 6.45) is 3.69. The number of sulfonamides is 1. The first kappa shape index (κ1) is 19.0. The number of alkyl halides is 2. The van der Waals surface area contributed by atoms with Crippen LogP contribution in [0.25, 0.3) is 0 Å². The molecule has 3 unspecified atom stereocenters. The number of hydrogen-bond acceptors (Lipinski definition) is 5. The van der Waals surface area contributed by atoms with Crippen LogP contribution < -0.4 is 4.74 Å². The van der Waals surface area contributed by atoms with Gasteiger partial charge in [0.2, 0.25) is 10.0 Å². The molecule has 1 aliphatic heterocycles. The molecule has 1 saturated carbocycles. The first-order valence-electron chi connectivity index (χ1n) is 8.51. The van der Waals surface area contributed by atoms with Crippen LogP contribution in [0.2, 0.25) is 0 Å². The molecule has 0 spiro atoms. The van der Waals surface area contributed by atoms with Crippen molar-refractivity contribution >= 4 is 16.0 Å². The van der Waals surface area contributed by atoms with Gasteiger partial charge >= 0.3 is 12.6 Å². The van der Waals surface area contributed by atoms with Crippen molar-refractivity contribution in [2.45, 2.75) is 55.7 Å². The van der Waals surface area contributed by atoms with Crippen LogP contribution in [-0.2, 0) is 19.6 Å². The molecule has 1 heterocycles. The van der Waals surface area contributed by atoms with E-state index in [4.69, 9.17) is 4.74 Å². The molecule has 144 valence electrons. The molecule has 3 atom stereocenters. The molecule has 1 aliphatic carbocycles. The Morgan fingerprint density at radius 1 is 1.23 bits per heavy atom. The summed E-state index contributed by atoms with van der Waals surface area (Å²) in [6.45, 7) is -3.15. The van der Waals surface area contributed by atoms with Gasteiger partial charge in [0.1, 0.15) is 16.7 Å². The zero-order valence-corrected chi connectivity index (χ0v) is 15.1. The van der Waals surface area contributed by atoms with Crippen LogP contribution >= 0.6 is 0 Å². The lowest BCUT2D eigenvalue weighted by Gasteiger charge is -2.32. The second kappa shape index (κ2) is 7.48. The SMILES string of the molecule is COC(=O)C1CC2CCCCC2N1S(=O)(=O)c1ccccc1OC(F)F. The minimum atomic E-state index is -4.22. The molecule has 1 aromatic rings. The van der Waals surface area contributed by atoms with E-state index in [1.807, 2.05) is 0 Å². The van der Waals surface area contributed by atoms with Gasteiger partial charge in [-0.3, -0.25) is 4.79 Å². The van der Waals surface area contributed by atoms with Crippen molar-refractivity contribution in [1.82, 2.24) is 4.31 Å². The highest BCUT2D eigenvalue weighted by Gasteiger charge is 2.52. The van der Waals surface area contributed by atoms with Gasteiger partial charge in [-0.2, -0.15) is 13.1 Å². The Hall–Kier alpha value is -1.74. The molecule has 0 N–H and O–H groups in total. The van der Waals surface area contributed by atoms with Crippen LogP contribution in [0.4, 0.5) is 8.78 Å². The summed E-state index contributed by atoms with van der Waals surface area (Å²) < 4.78 is 62.4. The Labute approximate surface area is 151 Å². The van der Waals surface area contributed by atoms with Gasteiger partial charge in [-0.15, -0.1) is 0 Å². The van der Waals surface area contributed by atoms with E-state index in [-0.39, 0.29) is 16.9 Å². The number of carbonyl (C=O) groups is 1. The number of rotatable bonds is 5. The molecule has 0 aromatic heterocycles. The van der Waals surface area contributed by atoms with Crippen molar-refractivity contribution in [3.05, 3.63) is 24.3 Å². The number of benzene rings is 1. The second-order valence-electron chi connectivity index (χ2n) is 6.55. The van der Waals surface area contributed by atoms with E-state index >= 15 is 0 Å². The monoisotopic (exact) mass is 389 g/mol. The predicted molar refractivity (Wildman–Crippen MR) is 88.3 cm³/mol. The summed E-state index contributed by atoms with van der Waals surface area (Å²) in [4.78, 5) is 11.9. The largest absolute Gasteiger partial charge is 0.468 e. The highest BCUT2D eigenvalue weighted by molar-refractivity contribution is 7.89. The molecule has 26 heavy (non-hydrogen) atoms. The molecule has 2 aliphatic rings. The Morgan fingerprint density at radius 2 is 1.92 bits per heavy atom. The van der Waals surface area contributed by atoms with Gasteiger partial charge in [-0.25, -0.2) is 8.42 Å². The van der Waals surface area contributed by atoms with Gasteiger partial charge < -0.3 is 9.47 Å². The lowest BCUT2D eigenvalue weighted by atomic mass is 9.85. The van der Waals surface area contributed by atoms with Gasteiger partial charge in [0.05, 0.1) is 7.11 Å². The molecule has 9 heteroatoms. The average Bonchev–Trinajstić information content (AvgIpc) is 3.01. The molecule has 0 amide bonds. The van der Waals surface area contributed by atoms with Crippen molar-refractivity contribution in [2.24, 2.45) is 5.92 Å². The normalized spacial score (nSPS) is 26.5. The number of carbonyl (C=O) groups excluding carboxylic acids is 1. The average molecular weight is 389 g/mol. The third kappa shape index (κ3) is 3.42. The molecule has 6 nitrogen and oxygen atoms in total. The Balaban J connectivity index is 2.05. The number of nitrogens with zero attached hydrogens (tertiary/aromatic N) is 1. The predicted octanol–water partition coefficient (Wildman–Crippen LogP) is 2.78. The first-order chi connectivity index (χ1) is 12.4. The highest BCUT2D eigenvalue weighted by Crippen LogP contribution is 2.44. The number of ether oxygens (including phenoxy) is 2. The number of halogens is 2. The maximum absolute atomic E-state index is 13.3. The van der Waals surface area contributed by atoms with Crippen LogP contribution in [0.1, 0.15) is 32.1 Å². The van der Waals surface area contributed by atoms with E-state index in [0.29, 0.717) is 12.8 Å². The minimum Gasteiger partial charge on any atom is -0.468 e.